The lowest BCUT2D eigenvalue weighted by Crippen LogP contribution is -2.38. The molecule has 1 aliphatic heterocycles. The van der Waals surface area contributed by atoms with Crippen LogP contribution < -0.4 is 4.74 Å². The first kappa shape index (κ1) is 11.4. The number of hydrogen-bond acceptors (Lipinski definition) is 3. The van der Waals surface area contributed by atoms with Crippen LogP contribution in [-0.2, 0) is 4.79 Å². The molecular weight excluding hydrogens is 218 g/mol. The molecule has 88 valence electrons. The number of aldehydes is 1. The summed E-state index contributed by atoms with van der Waals surface area (Å²) in [5.41, 5.74) is 0.626. The van der Waals surface area contributed by atoms with Crippen LogP contribution in [0.4, 0.5) is 4.79 Å². The number of rotatable bonds is 2. The Kier molecular flexibility index (Phi) is 3.55. The molecule has 0 spiro atoms. The summed E-state index contributed by atoms with van der Waals surface area (Å²) in [7, 11) is 0. The van der Waals surface area contributed by atoms with E-state index in [-0.39, 0.29) is 0 Å². The number of benzene rings is 1. The first-order chi connectivity index (χ1) is 8.29. The Morgan fingerprint density at radius 3 is 2.76 bits per heavy atom. The molecule has 4 nitrogen and oxygen atoms in total. The van der Waals surface area contributed by atoms with Crippen LogP contribution in [-0.4, -0.2) is 30.4 Å². The maximum atomic E-state index is 11.8. The lowest BCUT2D eigenvalue weighted by Gasteiger charge is -2.24. The third-order valence-corrected chi connectivity index (χ3v) is 2.54. The predicted molar refractivity (Wildman–Crippen MR) is 62.8 cm³/mol. The van der Waals surface area contributed by atoms with Gasteiger partial charge in [-0.25, -0.2) is 4.79 Å². The van der Waals surface area contributed by atoms with Crippen LogP contribution in [0.1, 0.15) is 6.42 Å². The van der Waals surface area contributed by atoms with E-state index < -0.39 is 6.09 Å². The average molecular weight is 231 g/mol. The zero-order valence-electron chi connectivity index (χ0n) is 9.33. The zero-order chi connectivity index (χ0) is 12.1. The molecule has 1 heterocycles. The second-order valence-corrected chi connectivity index (χ2v) is 3.79. The summed E-state index contributed by atoms with van der Waals surface area (Å²) >= 11 is 0. The molecule has 0 saturated heterocycles. The van der Waals surface area contributed by atoms with Crippen LogP contribution in [0.2, 0.25) is 0 Å². The van der Waals surface area contributed by atoms with Crippen LogP contribution in [0.3, 0.4) is 0 Å². The first-order valence-corrected chi connectivity index (χ1v) is 5.45. The molecule has 4 heteroatoms. The summed E-state index contributed by atoms with van der Waals surface area (Å²) in [6.07, 6.45) is 2.91. The minimum Gasteiger partial charge on any atom is -0.410 e. The standard InChI is InChI=1S/C13H13NO3/c15-10-11-5-4-8-14(9-11)13(16)17-12-6-2-1-3-7-12/h1-3,5-7,10H,4,8-9H2. The molecule has 2 rings (SSSR count). The van der Waals surface area contributed by atoms with Crippen molar-refractivity contribution in [2.45, 2.75) is 6.42 Å². The summed E-state index contributed by atoms with van der Waals surface area (Å²) in [4.78, 5) is 24.0. The molecule has 1 aliphatic rings. The molecule has 0 bridgehead atoms. The molecule has 17 heavy (non-hydrogen) atoms. The molecule has 0 fully saturated rings. The molecule has 0 atom stereocenters. The van der Waals surface area contributed by atoms with Gasteiger partial charge in [-0.05, 0) is 18.6 Å². The van der Waals surface area contributed by atoms with Crippen molar-refractivity contribution in [1.29, 1.82) is 0 Å². The highest BCUT2D eigenvalue weighted by molar-refractivity contribution is 5.77. The van der Waals surface area contributed by atoms with E-state index in [1.54, 1.807) is 24.3 Å². The van der Waals surface area contributed by atoms with Crippen LogP contribution in [0.25, 0.3) is 0 Å². The molecule has 0 unspecified atom stereocenters. The van der Waals surface area contributed by atoms with E-state index in [1.807, 2.05) is 12.1 Å². The molecule has 0 N–H and O–H groups in total. The number of ether oxygens (including phenoxy) is 1. The second kappa shape index (κ2) is 5.30. The third kappa shape index (κ3) is 2.93. The molecular formula is C13H13NO3. The fourth-order valence-electron chi connectivity index (χ4n) is 1.66. The smallest absolute Gasteiger partial charge is 0.410 e. The minimum atomic E-state index is -0.413. The summed E-state index contributed by atoms with van der Waals surface area (Å²) in [6, 6.07) is 8.90. The highest BCUT2D eigenvalue weighted by atomic mass is 16.6. The van der Waals surface area contributed by atoms with Crippen molar-refractivity contribution in [2.75, 3.05) is 13.1 Å². The van der Waals surface area contributed by atoms with E-state index in [4.69, 9.17) is 4.74 Å². The van der Waals surface area contributed by atoms with Crippen molar-refractivity contribution in [2.24, 2.45) is 0 Å². The zero-order valence-corrected chi connectivity index (χ0v) is 9.33. The third-order valence-electron chi connectivity index (χ3n) is 2.54. The van der Waals surface area contributed by atoms with Crippen LogP contribution in [0.5, 0.6) is 5.75 Å². The summed E-state index contributed by atoms with van der Waals surface area (Å²) < 4.78 is 5.19. The van der Waals surface area contributed by atoms with Crippen LogP contribution in [0.15, 0.2) is 42.0 Å². The van der Waals surface area contributed by atoms with Gasteiger partial charge >= 0.3 is 6.09 Å². The van der Waals surface area contributed by atoms with Gasteiger partial charge in [0.05, 0.1) is 6.54 Å². The van der Waals surface area contributed by atoms with E-state index in [0.29, 0.717) is 30.8 Å². The van der Waals surface area contributed by atoms with Gasteiger partial charge in [-0.3, -0.25) is 4.79 Å². The Hall–Kier alpha value is -2.10. The van der Waals surface area contributed by atoms with Gasteiger partial charge in [0.1, 0.15) is 12.0 Å². The van der Waals surface area contributed by atoms with Gasteiger partial charge in [0, 0.05) is 12.1 Å². The van der Waals surface area contributed by atoms with Crippen molar-refractivity contribution in [3.8, 4) is 5.75 Å². The van der Waals surface area contributed by atoms with Crippen molar-refractivity contribution >= 4 is 12.4 Å². The number of amides is 1. The Labute approximate surface area is 99.5 Å². The Bertz CT molecular complexity index is 439. The predicted octanol–water partition coefficient (Wildman–Crippen LogP) is 2.02. The number of carbonyl (C=O) groups excluding carboxylic acids is 2. The SMILES string of the molecule is O=CC1=CCCN(C(=O)Oc2ccccc2)C1. The van der Waals surface area contributed by atoms with Crippen molar-refractivity contribution in [3.05, 3.63) is 42.0 Å². The van der Waals surface area contributed by atoms with E-state index in [2.05, 4.69) is 0 Å². The Morgan fingerprint density at radius 2 is 2.06 bits per heavy atom. The molecule has 0 aliphatic carbocycles. The van der Waals surface area contributed by atoms with E-state index in [1.165, 1.54) is 4.90 Å². The van der Waals surface area contributed by atoms with E-state index >= 15 is 0 Å². The minimum absolute atomic E-state index is 0.329. The van der Waals surface area contributed by atoms with Crippen molar-refractivity contribution in [3.63, 3.8) is 0 Å². The summed E-state index contributed by atoms with van der Waals surface area (Å²) in [6.45, 7) is 0.915. The summed E-state index contributed by atoms with van der Waals surface area (Å²) in [5.74, 6) is 0.514. The van der Waals surface area contributed by atoms with Gasteiger partial charge in [0.25, 0.3) is 0 Å². The van der Waals surface area contributed by atoms with Crippen molar-refractivity contribution < 1.29 is 14.3 Å². The van der Waals surface area contributed by atoms with Gasteiger partial charge in [0.15, 0.2) is 0 Å². The molecule has 1 aromatic carbocycles. The lowest BCUT2D eigenvalue weighted by atomic mass is 10.1. The molecule has 1 aromatic rings. The Morgan fingerprint density at radius 1 is 1.29 bits per heavy atom. The monoisotopic (exact) mass is 231 g/mol. The summed E-state index contributed by atoms with van der Waals surface area (Å²) in [5, 5.41) is 0. The number of hydrogen-bond donors (Lipinski definition) is 0. The normalized spacial score (nSPS) is 15.1. The van der Waals surface area contributed by atoms with Crippen molar-refractivity contribution in [1.82, 2.24) is 4.90 Å². The maximum Gasteiger partial charge on any atom is 0.415 e. The highest BCUT2D eigenvalue weighted by Crippen LogP contribution is 2.13. The number of nitrogens with zero attached hydrogens (tertiary/aromatic N) is 1. The quantitative estimate of drug-likeness (QED) is 0.731. The highest BCUT2D eigenvalue weighted by Gasteiger charge is 2.19. The number of para-hydroxylation sites is 1. The van der Waals surface area contributed by atoms with E-state index in [9.17, 15) is 9.59 Å². The molecule has 1 amide bonds. The lowest BCUT2D eigenvalue weighted by molar-refractivity contribution is -0.105. The van der Waals surface area contributed by atoms with Crippen LogP contribution in [0, 0.1) is 0 Å². The van der Waals surface area contributed by atoms with Gasteiger partial charge in [-0.1, -0.05) is 24.3 Å². The van der Waals surface area contributed by atoms with Crippen LogP contribution >= 0.6 is 0 Å². The van der Waals surface area contributed by atoms with E-state index in [0.717, 1.165) is 6.29 Å². The van der Waals surface area contributed by atoms with Gasteiger partial charge in [0.2, 0.25) is 0 Å². The van der Waals surface area contributed by atoms with Gasteiger partial charge < -0.3 is 9.64 Å². The molecule has 0 saturated carbocycles. The largest absolute Gasteiger partial charge is 0.415 e. The maximum absolute atomic E-state index is 11.8. The number of carbonyl (C=O) groups is 2. The van der Waals surface area contributed by atoms with Gasteiger partial charge in [-0.15, -0.1) is 0 Å². The fourth-order valence-corrected chi connectivity index (χ4v) is 1.66. The molecule has 0 aromatic heterocycles. The second-order valence-electron chi connectivity index (χ2n) is 3.79. The Balaban J connectivity index is 1.97. The topological polar surface area (TPSA) is 46.6 Å². The van der Waals surface area contributed by atoms with Gasteiger partial charge in [-0.2, -0.15) is 0 Å². The fraction of sp³-hybridized carbons (Fsp3) is 0.231. The average Bonchev–Trinajstić information content (AvgIpc) is 2.40. The first-order valence-electron chi connectivity index (χ1n) is 5.45. The molecule has 0 radical (unpaired) electrons.